The smallest absolute Gasteiger partial charge is 1.00 e. The van der Waals surface area contributed by atoms with Gasteiger partial charge in [-0.3, -0.25) is 0 Å². The molecule has 0 aliphatic rings. The zero-order valence-electron chi connectivity index (χ0n) is 11.5. The quantitative estimate of drug-likeness (QED) is 0.577. The summed E-state index contributed by atoms with van der Waals surface area (Å²) >= 11 is 0. The van der Waals surface area contributed by atoms with Crippen LogP contribution in [0.25, 0.3) is 0 Å². The van der Waals surface area contributed by atoms with E-state index in [-0.39, 0.29) is 40.5 Å². The monoisotopic (exact) mass is 280 g/mol. The van der Waals surface area contributed by atoms with Gasteiger partial charge in [0.2, 0.25) is 8.32 Å². The Morgan fingerprint density at radius 1 is 1.18 bits per heavy atom. The van der Waals surface area contributed by atoms with E-state index in [0.29, 0.717) is 0 Å². The van der Waals surface area contributed by atoms with Crippen molar-refractivity contribution in [3.8, 4) is 5.75 Å². The van der Waals surface area contributed by atoms with Gasteiger partial charge in [-0.2, -0.15) is 18.6 Å². The molecule has 1 aromatic carbocycles. The van der Waals surface area contributed by atoms with E-state index in [2.05, 4.69) is 40.8 Å². The maximum Gasteiger partial charge on any atom is 2.00 e. The Labute approximate surface area is 129 Å². The van der Waals surface area contributed by atoms with Crippen molar-refractivity contribution >= 4 is 31.4 Å². The molecule has 0 aliphatic carbocycles. The van der Waals surface area contributed by atoms with E-state index in [0.717, 1.165) is 11.3 Å². The molecule has 0 atom stereocenters. The number of hydrogen-bond acceptors (Lipinski definition) is 1. The van der Waals surface area contributed by atoms with Gasteiger partial charge >= 0.3 is 23.1 Å². The van der Waals surface area contributed by atoms with Crippen molar-refractivity contribution in [3.05, 3.63) is 36.8 Å². The van der Waals surface area contributed by atoms with Crippen LogP contribution in [0, 0.1) is 6.92 Å². The van der Waals surface area contributed by atoms with Crippen LogP contribution >= 0.6 is 0 Å². The van der Waals surface area contributed by atoms with Crippen molar-refractivity contribution in [2.75, 3.05) is 0 Å². The fourth-order valence-electron chi connectivity index (χ4n) is 1.06. The first-order valence-corrected chi connectivity index (χ1v) is 8.24. The minimum Gasteiger partial charge on any atom is -1.00 e. The molecular formula is C13H21ClMgOSi. The molecule has 0 saturated heterocycles. The molecule has 0 aromatic heterocycles. The van der Waals surface area contributed by atoms with Crippen molar-refractivity contribution in [2.24, 2.45) is 0 Å². The van der Waals surface area contributed by atoms with Crippen LogP contribution in [0.3, 0.4) is 0 Å². The Kier molecular flexibility index (Phi) is 7.95. The summed E-state index contributed by atoms with van der Waals surface area (Å²) in [5.41, 5.74) is 1.01. The molecule has 17 heavy (non-hydrogen) atoms. The molecule has 0 aliphatic heterocycles. The van der Waals surface area contributed by atoms with Gasteiger partial charge in [-0.1, -0.05) is 20.8 Å². The van der Waals surface area contributed by atoms with E-state index in [1.54, 1.807) is 0 Å². The number of rotatable bonds is 2. The van der Waals surface area contributed by atoms with E-state index < -0.39 is 8.32 Å². The first-order chi connectivity index (χ1) is 6.72. The molecule has 0 saturated carbocycles. The van der Waals surface area contributed by atoms with Crippen LogP contribution in [-0.2, 0) is 0 Å². The Morgan fingerprint density at radius 3 is 2.12 bits per heavy atom. The molecule has 0 heterocycles. The van der Waals surface area contributed by atoms with E-state index in [1.165, 1.54) is 0 Å². The number of benzene rings is 1. The molecule has 0 fully saturated rings. The van der Waals surface area contributed by atoms with Gasteiger partial charge in [-0.15, -0.1) is 12.1 Å². The summed E-state index contributed by atoms with van der Waals surface area (Å²) in [6.45, 7) is 15.1. The summed E-state index contributed by atoms with van der Waals surface area (Å²) in [5, 5.41) is 0.240. The standard InChI is InChI=1S/C13H21OSi.ClH.Mg/c1-11-8-7-9-12(10-11)14-15(5,6)13(2,3)4;;/h7-10H,1H2,2-6H3;1H;/q-1;;+2/p-1. The van der Waals surface area contributed by atoms with Crippen LogP contribution in [-0.4, -0.2) is 31.4 Å². The topological polar surface area (TPSA) is 9.23 Å². The van der Waals surface area contributed by atoms with E-state index in [4.69, 9.17) is 4.43 Å². The molecule has 92 valence electrons. The Morgan fingerprint density at radius 2 is 1.71 bits per heavy atom. The third kappa shape index (κ3) is 5.55. The van der Waals surface area contributed by atoms with Crippen LogP contribution in [0.4, 0.5) is 0 Å². The third-order valence-electron chi connectivity index (χ3n) is 3.08. The second-order valence-corrected chi connectivity index (χ2v) is 10.2. The zero-order chi connectivity index (χ0) is 11.7. The Hall–Kier alpha value is 0.163. The minimum absolute atomic E-state index is 0. The molecule has 1 aromatic rings. The third-order valence-corrected chi connectivity index (χ3v) is 7.44. The molecule has 0 amide bonds. The molecular weight excluding hydrogens is 260 g/mol. The zero-order valence-corrected chi connectivity index (χ0v) is 14.7. The molecule has 1 rings (SSSR count). The molecule has 0 radical (unpaired) electrons. The van der Waals surface area contributed by atoms with Crippen molar-refractivity contribution in [1.82, 2.24) is 0 Å². The summed E-state index contributed by atoms with van der Waals surface area (Å²) in [4.78, 5) is 0. The largest absolute Gasteiger partial charge is 2.00 e. The van der Waals surface area contributed by atoms with Crippen molar-refractivity contribution < 1.29 is 16.8 Å². The first-order valence-electron chi connectivity index (χ1n) is 5.33. The first kappa shape index (κ1) is 19.5. The summed E-state index contributed by atoms with van der Waals surface area (Å²) < 4.78 is 6.15. The average Bonchev–Trinajstić information content (AvgIpc) is 2.00. The van der Waals surface area contributed by atoms with Crippen LogP contribution in [0.2, 0.25) is 18.1 Å². The van der Waals surface area contributed by atoms with Gasteiger partial charge in [0.1, 0.15) is 0 Å². The van der Waals surface area contributed by atoms with Crippen molar-refractivity contribution in [2.45, 2.75) is 38.9 Å². The van der Waals surface area contributed by atoms with Gasteiger partial charge in [0.25, 0.3) is 0 Å². The van der Waals surface area contributed by atoms with Gasteiger partial charge < -0.3 is 16.8 Å². The van der Waals surface area contributed by atoms with Crippen molar-refractivity contribution in [3.63, 3.8) is 0 Å². The van der Waals surface area contributed by atoms with E-state index in [9.17, 15) is 0 Å². The second kappa shape index (κ2) is 6.93. The molecule has 0 N–H and O–H groups in total. The summed E-state index contributed by atoms with van der Waals surface area (Å²) in [6.07, 6.45) is 0. The summed E-state index contributed by atoms with van der Waals surface area (Å²) in [5.74, 6) is 0.953. The van der Waals surface area contributed by atoms with Gasteiger partial charge in [0.15, 0.2) is 0 Å². The maximum absolute atomic E-state index is 6.15. The number of hydrogen-bond donors (Lipinski definition) is 0. The van der Waals surface area contributed by atoms with Crippen LogP contribution in [0.15, 0.2) is 24.3 Å². The summed E-state index contributed by atoms with van der Waals surface area (Å²) in [6, 6.07) is 7.99. The predicted octanol–water partition coefficient (Wildman–Crippen LogP) is 0.876. The Balaban J connectivity index is 0. The molecule has 1 nitrogen and oxygen atoms in total. The van der Waals surface area contributed by atoms with Crippen LogP contribution in [0.1, 0.15) is 26.3 Å². The normalized spacial score (nSPS) is 11.1. The van der Waals surface area contributed by atoms with Gasteiger partial charge in [-0.05, 0) is 24.2 Å². The fourth-order valence-corrected chi connectivity index (χ4v) is 2.08. The molecule has 4 heteroatoms. The second-order valence-electron chi connectivity index (χ2n) is 5.51. The fraction of sp³-hybridized carbons (Fsp3) is 0.462. The van der Waals surface area contributed by atoms with Gasteiger partial charge in [-0.25, -0.2) is 0 Å². The Bertz CT molecular complexity index is 348. The number of halogens is 1. The molecule has 0 unspecified atom stereocenters. The maximum atomic E-state index is 6.15. The SMILES string of the molecule is [CH2-]c1cccc(O[Si](C)(C)C(C)(C)C)c1.[Cl-].[Mg+2]. The predicted molar refractivity (Wildman–Crippen MR) is 74.5 cm³/mol. The minimum atomic E-state index is -1.70. The van der Waals surface area contributed by atoms with E-state index in [1.807, 2.05) is 24.3 Å². The van der Waals surface area contributed by atoms with Gasteiger partial charge in [0, 0.05) is 5.75 Å². The van der Waals surface area contributed by atoms with Gasteiger partial charge in [0.05, 0.1) is 0 Å². The molecule has 0 bridgehead atoms. The van der Waals surface area contributed by atoms with E-state index >= 15 is 0 Å². The van der Waals surface area contributed by atoms with Crippen LogP contribution in [0.5, 0.6) is 5.75 Å². The molecule has 0 spiro atoms. The van der Waals surface area contributed by atoms with Crippen LogP contribution < -0.4 is 16.8 Å². The average molecular weight is 281 g/mol. The summed E-state index contributed by atoms with van der Waals surface area (Å²) in [7, 11) is -1.70. The van der Waals surface area contributed by atoms with Crippen molar-refractivity contribution in [1.29, 1.82) is 0 Å².